The Hall–Kier alpha value is -0.770. The van der Waals surface area contributed by atoms with Gasteiger partial charge in [0.1, 0.15) is 0 Å². The number of benzene rings is 1. The minimum absolute atomic E-state index is 0.00420. The molecule has 0 bridgehead atoms. The topological polar surface area (TPSA) is 46.3 Å². The highest BCUT2D eigenvalue weighted by Crippen LogP contribution is 2.23. The molecule has 1 aromatic rings. The Morgan fingerprint density at radius 3 is 2.47 bits per heavy atom. The molecule has 2 rings (SSSR count). The van der Waals surface area contributed by atoms with E-state index in [-0.39, 0.29) is 11.9 Å². The van der Waals surface area contributed by atoms with Crippen molar-refractivity contribution in [1.29, 1.82) is 0 Å². The van der Waals surface area contributed by atoms with Gasteiger partial charge in [-0.1, -0.05) is 23.2 Å². The van der Waals surface area contributed by atoms with Crippen molar-refractivity contribution < 1.29 is 4.79 Å². The molecule has 0 unspecified atom stereocenters. The number of piperidine rings is 1. The second-order valence-electron chi connectivity index (χ2n) is 4.26. The quantitative estimate of drug-likeness (QED) is 0.854. The van der Waals surface area contributed by atoms with E-state index in [1.165, 1.54) is 0 Å². The Morgan fingerprint density at radius 2 is 1.88 bits per heavy atom. The maximum Gasteiger partial charge on any atom is 0.253 e. The van der Waals surface area contributed by atoms with Gasteiger partial charge in [0.15, 0.2) is 0 Å². The zero-order chi connectivity index (χ0) is 12.4. The molecule has 1 saturated heterocycles. The average Bonchev–Trinajstić information content (AvgIpc) is 2.33. The number of hydrogen-bond acceptors (Lipinski definition) is 2. The molecular weight excluding hydrogens is 259 g/mol. The minimum Gasteiger partial charge on any atom is -0.339 e. The van der Waals surface area contributed by atoms with Crippen LogP contribution < -0.4 is 5.73 Å². The Morgan fingerprint density at radius 1 is 1.24 bits per heavy atom. The van der Waals surface area contributed by atoms with Gasteiger partial charge in [-0.15, -0.1) is 0 Å². The van der Waals surface area contributed by atoms with Gasteiger partial charge in [-0.3, -0.25) is 4.79 Å². The number of amides is 1. The van der Waals surface area contributed by atoms with Crippen molar-refractivity contribution in [2.45, 2.75) is 18.9 Å². The van der Waals surface area contributed by atoms with E-state index in [4.69, 9.17) is 28.9 Å². The van der Waals surface area contributed by atoms with E-state index in [1.807, 2.05) is 4.90 Å². The Bertz CT molecular complexity index is 429. The lowest BCUT2D eigenvalue weighted by Crippen LogP contribution is -2.42. The third kappa shape index (κ3) is 2.92. The molecule has 0 spiro atoms. The highest BCUT2D eigenvalue weighted by molar-refractivity contribution is 6.42. The predicted molar refractivity (Wildman–Crippen MR) is 69.6 cm³/mol. The first-order chi connectivity index (χ1) is 8.08. The van der Waals surface area contributed by atoms with Crippen molar-refractivity contribution in [2.24, 2.45) is 5.73 Å². The first kappa shape index (κ1) is 12.7. The van der Waals surface area contributed by atoms with E-state index < -0.39 is 0 Å². The molecule has 1 aliphatic rings. The summed E-state index contributed by atoms with van der Waals surface area (Å²) in [4.78, 5) is 14.0. The van der Waals surface area contributed by atoms with Crippen LogP contribution in [0.1, 0.15) is 23.2 Å². The van der Waals surface area contributed by atoms with Gasteiger partial charge < -0.3 is 10.6 Å². The summed E-state index contributed by atoms with van der Waals surface area (Å²) >= 11 is 11.7. The number of hydrogen-bond donors (Lipinski definition) is 1. The van der Waals surface area contributed by atoms with E-state index in [0.717, 1.165) is 12.8 Å². The lowest BCUT2D eigenvalue weighted by molar-refractivity contribution is 0.0715. The molecule has 1 amide bonds. The van der Waals surface area contributed by atoms with E-state index in [1.54, 1.807) is 18.2 Å². The highest BCUT2D eigenvalue weighted by Gasteiger charge is 2.21. The molecule has 0 saturated carbocycles. The molecule has 1 heterocycles. The summed E-state index contributed by atoms with van der Waals surface area (Å²) in [6, 6.07) is 5.17. The van der Waals surface area contributed by atoms with Crippen molar-refractivity contribution in [1.82, 2.24) is 4.90 Å². The highest BCUT2D eigenvalue weighted by atomic mass is 35.5. The number of carbonyl (C=O) groups is 1. The molecule has 2 N–H and O–H groups in total. The molecule has 0 atom stereocenters. The summed E-state index contributed by atoms with van der Waals surface area (Å²) in [6.07, 6.45) is 1.71. The van der Waals surface area contributed by atoms with Gasteiger partial charge in [-0.25, -0.2) is 0 Å². The van der Waals surface area contributed by atoms with Crippen LogP contribution >= 0.6 is 23.2 Å². The molecule has 1 fully saturated rings. The first-order valence-corrected chi connectivity index (χ1v) is 6.33. The van der Waals surface area contributed by atoms with E-state index in [0.29, 0.717) is 28.7 Å². The van der Waals surface area contributed by atoms with E-state index in [9.17, 15) is 4.79 Å². The maximum absolute atomic E-state index is 12.2. The summed E-state index contributed by atoms with van der Waals surface area (Å²) in [5.41, 5.74) is 6.38. The largest absolute Gasteiger partial charge is 0.339 e. The van der Waals surface area contributed by atoms with Crippen LogP contribution in [0.5, 0.6) is 0 Å². The molecular formula is C12H14Cl2N2O. The smallest absolute Gasteiger partial charge is 0.253 e. The molecule has 1 aromatic carbocycles. The average molecular weight is 273 g/mol. The van der Waals surface area contributed by atoms with Crippen molar-refractivity contribution in [3.63, 3.8) is 0 Å². The monoisotopic (exact) mass is 272 g/mol. The zero-order valence-electron chi connectivity index (χ0n) is 9.33. The number of likely N-dealkylation sites (tertiary alicyclic amines) is 1. The SMILES string of the molecule is NC1CCN(C(=O)c2ccc(Cl)c(Cl)c2)CC1. The Balaban J connectivity index is 2.11. The van der Waals surface area contributed by atoms with Gasteiger partial charge in [-0.2, -0.15) is 0 Å². The normalized spacial score (nSPS) is 17.2. The van der Waals surface area contributed by atoms with Crippen molar-refractivity contribution in [3.05, 3.63) is 33.8 Å². The van der Waals surface area contributed by atoms with Gasteiger partial charge >= 0.3 is 0 Å². The molecule has 17 heavy (non-hydrogen) atoms. The van der Waals surface area contributed by atoms with E-state index >= 15 is 0 Å². The van der Waals surface area contributed by atoms with Crippen LogP contribution in [0, 0.1) is 0 Å². The van der Waals surface area contributed by atoms with Crippen molar-refractivity contribution in [2.75, 3.05) is 13.1 Å². The zero-order valence-corrected chi connectivity index (χ0v) is 10.8. The van der Waals surface area contributed by atoms with Gasteiger partial charge in [0.25, 0.3) is 5.91 Å². The fraction of sp³-hybridized carbons (Fsp3) is 0.417. The van der Waals surface area contributed by atoms with Gasteiger partial charge in [0.2, 0.25) is 0 Å². The third-order valence-corrected chi connectivity index (χ3v) is 3.73. The van der Waals surface area contributed by atoms with E-state index in [2.05, 4.69) is 0 Å². The standard InChI is InChI=1S/C12H14Cl2N2O/c13-10-2-1-8(7-11(10)14)12(17)16-5-3-9(15)4-6-16/h1-2,7,9H,3-6,15H2. The maximum atomic E-state index is 12.2. The van der Waals surface area contributed by atoms with Crippen LogP contribution in [0.2, 0.25) is 10.0 Å². The first-order valence-electron chi connectivity index (χ1n) is 5.58. The number of nitrogens with zero attached hydrogens (tertiary/aromatic N) is 1. The number of rotatable bonds is 1. The minimum atomic E-state index is -0.00420. The molecule has 3 nitrogen and oxygen atoms in total. The molecule has 92 valence electrons. The van der Waals surface area contributed by atoms with Crippen LogP contribution in [0.3, 0.4) is 0 Å². The third-order valence-electron chi connectivity index (χ3n) is 2.99. The van der Waals surface area contributed by atoms with Crippen LogP contribution in [0.15, 0.2) is 18.2 Å². The number of halogens is 2. The van der Waals surface area contributed by atoms with Crippen LogP contribution in [0.25, 0.3) is 0 Å². The number of nitrogens with two attached hydrogens (primary N) is 1. The number of carbonyl (C=O) groups excluding carboxylic acids is 1. The van der Waals surface area contributed by atoms with Crippen LogP contribution in [-0.2, 0) is 0 Å². The van der Waals surface area contributed by atoms with Gasteiger partial charge in [-0.05, 0) is 31.0 Å². The summed E-state index contributed by atoms with van der Waals surface area (Å²) in [7, 11) is 0. The van der Waals surface area contributed by atoms with Gasteiger partial charge in [0.05, 0.1) is 10.0 Å². The summed E-state index contributed by atoms with van der Waals surface area (Å²) in [5.74, 6) is -0.00420. The molecule has 0 aromatic heterocycles. The Kier molecular flexibility index (Phi) is 3.92. The lowest BCUT2D eigenvalue weighted by Gasteiger charge is -2.30. The van der Waals surface area contributed by atoms with Crippen LogP contribution in [0.4, 0.5) is 0 Å². The summed E-state index contributed by atoms with van der Waals surface area (Å²) in [6.45, 7) is 1.42. The van der Waals surface area contributed by atoms with Gasteiger partial charge in [0, 0.05) is 24.7 Å². The fourth-order valence-electron chi connectivity index (χ4n) is 1.91. The summed E-state index contributed by atoms with van der Waals surface area (Å²) < 4.78 is 0. The lowest BCUT2D eigenvalue weighted by atomic mass is 10.0. The molecule has 0 radical (unpaired) electrons. The second kappa shape index (κ2) is 5.25. The second-order valence-corrected chi connectivity index (χ2v) is 5.07. The molecule has 1 aliphatic heterocycles. The molecule has 0 aliphatic carbocycles. The molecule has 5 heteroatoms. The summed E-state index contributed by atoms with van der Waals surface area (Å²) in [5, 5.41) is 0.870. The van der Waals surface area contributed by atoms with Crippen molar-refractivity contribution in [3.8, 4) is 0 Å². The van der Waals surface area contributed by atoms with Crippen LogP contribution in [-0.4, -0.2) is 29.9 Å². The Labute approximate surface area is 110 Å². The fourth-order valence-corrected chi connectivity index (χ4v) is 2.21. The van der Waals surface area contributed by atoms with Crippen molar-refractivity contribution >= 4 is 29.1 Å². The predicted octanol–water partition coefficient (Wildman–Crippen LogP) is 2.56.